The maximum absolute atomic E-state index is 12.0. The van der Waals surface area contributed by atoms with E-state index in [1.165, 1.54) is 0 Å². The average Bonchev–Trinajstić information content (AvgIpc) is 2.35. The van der Waals surface area contributed by atoms with Gasteiger partial charge in [-0.15, -0.1) is 0 Å². The number of ether oxygens (including phenoxy) is 2. The first-order valence-electron chi connectivity index (χ1n) is 5.39. The fourth-order valence-electron chi connectivity index (χ4n) is 1.71. The van der Waals surface area contributed by atoms with Gasteiger partial charge in [0, 0.05) is 17.7 Å². The van der Waals surface area contributed by atoms with Crippen LogP contribution >= 0.6 is 11.8 Å². The van der Waals surface area contributed by atoms with E-state index in [9.17, 15) is 4.79 Å². The summed E-state index contributed by atoms with van der Waals surface area (Å²) in [4.78, 5) is 12.0. The highest BCUT2D eigenvalue weighted by atomic mass is 32.2. The van der Waals surface area contributed by atoms with Gasteiger partial charge in [0.1, 0.15) is 11.5 Å². The molecule has 4 heteroatoms. The van der Waals surface area contributed by atoms with Crippen molar-refractivity contribution >= 4 is 17.5 Å². The fraction of sp³-hybridized carbons (Fsp3) is 0.462. The van der Waals surface area contributed by atoms with E-state index in [0.29, 0.717) is 17.7 Å². The number of benzene rings is 1. The van der Waals surface area contributed by atoms with Crippen molar-refractivity contribution in [3.8, 4) is 11.5 Å². The molecule has 94 valence electrons. The number of Topliss-reactive ketones (excluding diaryl/α,β-unsaturated/α-hetero) is 1. The number of hydrogen-bond acceptors (Lipinski definition) is 4. The zero-order valence-corrected chi connectivity index (χ0v) is 11.5. The molecule has 0 saturated heterocycles. The molecule has 0 aliphatic carbocycles. The molecule has 0 saturated carbocycles. The van der Waals surface area contributed by atoms with Crippen molar-refractivity contribution in [1.29, 1.82) is 0 Å². The summed E-state index contributed by atoms with van der Waals surface area (Å²) in [6.45, 7) is 1.89. The Morgan fingerprint density at radius 3 is 2.53 bits per heavy atom. The van der Waals surface area contributed by atoms with E-state index in [4.69, 9.17) is 9.47 Å². The van der Waals surface area contributed by atoms with E-state index in [2.05, 4.69) is 0 Å². The molecule has 0 atom stereocenters. The second-order valence-corrected chi connectivity index (χ2v) is 4.63. The van der Waals surface area contributed by atoms with Gasteiger partial charge in [-0.2, -0.15) is 11.8 Å². The summed E-state index contributed by atoms with van der Waals surface area (Å²) in [7, 11) is 3.18. The number of carbonyl (C=O) groups is 1. The van der Waals surface area contributed by atoms with Crippen molar-refractivity contribution < 1.29 is 14.3 Å². The first kappa shape index (κ1) is 13.9. The van der Waals surface area contributed by atoms with Crippen LogP contribution in [0.3, 0.4) is 0 Å². The second kappa shape index (κ2) is 6.55. The maximum Gasteiger partial charge on any atom is 0.167 e. The van der Waals surface area contributed by atoms with E-state index in [1.54, 1.807) is 32.0 Å². The zero-order valence-electron chi connectivity index (χ0n) is 10.7. The SMILES string of the molecule is COc1ccc(C(=O)CCSC)c(OC)c1C. The largest absolute Gasteiger partial charge is 0.496 e. The van der Waals surface area contributed by atoms with Crippen LogP contribution in [0.2, 0.25) is 0 Å². The molecule has 0 amide bonds. The van der Waals surface area contributed by atoms with E-state index < -0.39 is 0 Å². The molecule has 0 aromatic heterocycles. The molecule has 0 fully saturated rings. The number of methoxy groups -OCH3 is 2. The minimum Gasteiger partial charge on any atom is -0.496 e. The van der Waals surface area contributed by atoms with Gasteiger partial charge in [-0.1, -0.05) is 0 Å². The normalized spacial score (nSPS) is 10.1. The molecule has 0 heterocycles. The van der Waals surface area contributed by atoms with Crippen molar-refractivity contribution in [2.24, 2.45) is 0 Å². The molecule has 0 unspecified atom stereocenters. The molecule has 3 nitrogen and oxygen atoms in total. The van der Waals surface area contributed by atoms with Gasteiger partial charge in [-0.3, -0.25) is 4.79 Å². The van der Waals surface area contributed by atoms with E-state index in [1.807, 2.05) is 19.2 Å². The van der Waals surface area contributed by atoms with E-state index in [0.717, 1.165) is 17.1 Å². The van der Waals surface area contributed by atoms with Crippen LogP contribution in [0.4, 0.5) is 0 Å². The van der Waals surface area contributed by atoms with Gasteiger partial charge in [-0.05, 0) is 25.3 Å². The van der Waals surface area contributed by atoms with Crippen molar-refractivity contribution in [3.05, 3.63) is 23.3 Å². The summed E-state index contributed by atoms with van der Waals surface area (Å²) in [5, 5.41) is 0. The Morgan fingerprint density at radius 1 is 1.29 bits per heavy atom. The second-order valence-electron chi connectivity index (χ2n) is 3.64. The summed E-state index contributed by atoms with van der Waals surface area (Å²) >= 11 is 1.66. The highest BCUT2D eigenvalue weighted by Gasteiger charge is 2.16. The van der Waals surface area contributed by atoms with Crippen molar-refractivity contribution in [1.82, 2.24) is 0 Å². The Labute approximate surface area is 106 Å². The third-order valence-electron chi connectivity index (χ3n) is 2.61. The Balaban J connectivity index is 3.07. The van der Waals surface area contributed by atoms with Crippen molar-refractivity contribution in [2.45, 2.75) is 13.3 Å². The quantitative estimate of drug-likeness (QED) is 0.731. The number of ketones is 1. The molecule has 0 N–H and O–H groups in total. The lowest BCUT2D eigenvalue weighted by Crippen LogP contribution is -2.05. The number of carbonyl (C=O) groups excluding carboxylic acids is 1. The van der Waals surface area contributed by atoms with Gasteiger partial charge in [0.25, 0.3) is 0 Å². The predicted octanol–water partition coefficient (Wildman–Crippen LogP) is 2.95. The molecule has 17 heavy (non-hydrogen) atoms. The van der Waals surface area contributed by atoms with Gasteiger partial charge >= 0.3 is 0 Å². The van der Waals surface area contributed by atoms with Crippen molar-refractivity contribution in [2.75, 3.05) is 26.2 Å². The first-order chi connectivity index (χ1) is 8.15. The molecule has 0 aliphatic rings. The Bertz CT molecular complexity index is 402. The molecule has 0 bridgehead atoms. The Morgan fingerprint density at radius 2 is 2.00 bits per heavy atom. The molecule has 1 rings (SSSR count). The topological polar surface area (TPSA) is 35.5 Å². The lowest BCUT2D eigenvalue weighted by molar-refractivity contribution is 0.0986. The van der Waals surface area contributed by atoms with Crippen LogP contribution in [-0.2, 0) is 0 Å². The third-order valence-corrected chi connectivity index (χ3v) is 3.23. The maximum atomic E-state index is 12.0. The lowest BCUT2D eigenvalue weighted by Gasteiger charge is -2.13. The standard InChI is InChI=1S/C13H18O3S/c1-9-12(15-2)6-5-10(13(9)16-3)11(14)7-8-17-4/h5-6H,7-8H2,1-4H3. The summed E-state index contributed by atoms with van der Waals surface area (Å²) in [5.41, 5.74) is 1.50. The Kier molecular flexibility index (Phi) is 5.35. The summed E-state index contributed by atoms with van der Waals surface area (Å²) < 4.78 is 10.5. The summed E-state index contributed by atoms with van der Waals surface area (Å²) in [6, 6.07) is 3.58. The van der Waals surface area contributed by atoms with Crippen LogP contribution in [-0.4, -0.2) is 32.0 Å². The van der Waals surface area contributed by atoms with E-state index in [-0.39, 0.29) is 5.78 Å². The molecule has 0 radical (unpaired) electrons. The lowest BCUT2D eigenvalue weighted by atomic mass is 10.0. The molecular weight excluding hydrogens is 236 g/mol. The minimum absolute atomic E-state index is 0.113. The van der Waals surface area contributed by atoms with Gasteiger partial charge in [-0.25, -0.2) is 0 Å². The number of thioether (sulfide) groups is 1. The number of hydrogen-bond donors (Lipinski definition) is 0. The van der Waals surface area contributed by atoms with Gasteiger partial charge < -0.3 is 9.47 Å². The van der Waals surface area contributed by atoms with Gasteiger partial charge in [0.15, 0.2) is 5.78 Å². The van der Waals surface area contributed by atoms with Crippen LogP contribution in [0.1, 0.15) is 22.3 Å². The highest BCUT2D eigenvalue weighted by molar-refractivity contribution is 7.98. The third kappa shape index (κ3) is 3.16. The van der Waals surface area contributed by atoms with E-state index >= 15 is 0 Å². The zero-order chi connectivity index (χ0) is 12.8. The van der Waals surface area contributed by atoms with Crippen LogP contribution in [0.15, 0.2) is 12.1 Å². The van der Waals surface area contributed by atoms with Gasteiger partial charge in [0.05, 0.1) is 19.8 Å². The molecule has 0 spiro atoms. The van der Waals surface area contributed by atoms with Crippen LogP contribution in [0.5, 0.6) is 11.5 Å². The molecule has 1 aromatic carbocycles. The smallest absolute Gasteiger partial charge is 0.167 e. The van der Waals surface area contributed by atoms with Crippen LogP contribution < -0.4 is 9.47 Å². The monoisotopic (exact) mass is 254 g/mol. The first-order valence-corrected chi connectivity index (χ1v) is 6.78. The minimum atomic E-state index is 0.113. The van der Waals surface area contributed by atoms with Gasteiger partial charge in [0.2, 0.25) is 0 Å². The van der Waals surface area contributed by atoms with Crippen molar-refractivity contribution in [3.63, 3.8) is 0 Å². The molecule has 1 aromatic rings. The molecular formula is C13H18O3S. The Hall–Kier alpha value is -1.16. The summed E-state index contributed by atoms with van der Waals surface area (Å²) in [6.07, 6.45) is 2.52. The van der Waals surface area contributed by atoms with Crippen LogP contribution in [0, 0.1) is 6.92 Å². The average molecular weight is 254 g/mol. The molecule has 0 aliphatic heterocycles. The predicted molar refractivity (Wildman–Crippen MR) is 71.6 cm³/mol. The summed E-state index contributed by atoms with van der Waals surface area (Å²) in [5.74, 6) is 2.30. The fourth-order valence-corrected chi connectivity index (χ4v) is 2.10. The number of rotatable bonds is 6. The van der Waals surface area contributed by atoms with Crippen LogP contribution in [0.25, 0.3) is 0 Å². The highest BCUT2D eigenvalue weighted by Crippen LogP contribution is 2.32.